The molecule has 10 nitrogen and oxygen atoms in total. The molecule has 8 atom stereocenters. The zero-order valence-corrected chi connectivity index (χ0v) is 39.0. The molecule has 6 aromatic carbocycles. The summed E-state index contributed by atoms with van der Waals surface area (Å²) in [5.74, 6) is 0. The van der Waals surface area contributed by atoms with Crippen molar-refractivity contribution in [2.24, 2.45) is 0 Å². The van der Waals surface area contributed by atoms with Crippen molar-refractivity contribution in [1.82, 2.24) is 9.97 Å². The normalized spacial score (nSPS) is 22.4. The van der Waals surface area contributed by atoms with Crippen LogP contribution in [0.5, 0.6) is 0 Å². The highest BCUT2D eigenvalue weighted by Crippen LogP contribution is 2.44. The minimum atomic E-state index is -0.860. The molecule has 2 saturated heterocycles. The predicted octanol–water partition coefficient (Wildman–Crippen LogP) is 11.4. The lowest BCUT2D eigenvalue weighted by molar-refractivity contribution is -0.0899. The van der Waals surface area contributed by atoms with Gasteiger partial charge in [0.05, 0.1) is 52.9 Å². The summed E-state index contributed by atoms with van der Waals surface area (Å²) >= 11 is 14.2. The Kier molecular flexibility index (Phi) is 17.0. The molecule has 2 fully saturated rings. The molecule has 0 aliphatic carbocycles. The second kappa shape index (κ2) is 24.3. The monoisotopic (exact) mass is 952 g/mol. The minimum absolute atomic E-state index is 0.0593. The smallest absolute Gasteiger partial charge is 0.155 e. The second-order valence-electron chi connectivity index (χ2n) is 16.8. The van der Waals surface area contributed by atoms with E-state index < -0.39 is 48.8 Å². The Morgan fingerprint density at radius 2 is 0.603 bits per heavy atom. The molecule has 2 aliphatic rings. The van der Waals surface area contributed by atoms with Crippen molar-refractivity contribution in [3.63, 3.8) is 0 Å². The maximum Gasteiger partial charge on any atom is 0.155 e. The number of nitrogens with zero attached hydrogens (tertiary/aromatic N) is 2. The van der Waals surface area contributed by atoms with Crippen molar-refractivity contribution in [2.45, 2.75) is 88.5 Å². The fraction of sp³-hybridized carbons (Fsp3) is 0.286. The number of rotatable bonds is 22. The molecule has 0 amide bonds. The third kappa shape index (κ3) is 12.6. The summed E-state index contributed by atoms with van der Waals surface area (Å²) in [6, 6.07) is 59.9. The van der Waals surface area contributed by atoms with Gasteiger partial charge in [-0.25, -0.2) is 9.97 Å². The number of hydrogen-bond donors (Lipinski definition) is 0. The topological polar surface area (TPSA) is 99.6 Å². The molecule has 9 rings (SSSR count). The number of benzene rings is 6. The Bertz CT molecular complexity index is 2400. The van der Waals surface area contributed by atoms with Gasteiger partial charge in [-0.15, -0.1) is 0 Å². The molecule has 350 valence electrons. The van der Waals surface area contributed by atoms with Crippen molar-refractivity contribution in [3.05, 3.63) is 237 Å². The molecule has 1 aromatic heterocycles. The highest BCUT2D eigenvalue weighted by Gasteiger charge is 2.52. The van der Waals surface area contributed by atoms with Gasteiger partial charge >= 0.3 is 0 Å². The molecule has 0 unspecified atom stereocenters. The molecule has 0 spiro atoms. The van der Waals surface area contributed by atoms with Crippen molar-refractivity contribution >= 4 is 23.2 Å². The Morgan fingerprint density at radius 1 is 0.338 bits per heavy atom. The number of ether oxygens (including phenoxy) is 8. The van der Waals surface area contributed by atoms with E-state index in [1.807, 2.05) is 182 Å². The van der Waals surface area contributed by atoms with Crippen LogP contribution in [0.4, 0.5) is 0 Å². The van der Waals surface area contributed by atoms with Crippen LogP contribution in [-0.2, 0) is 77.5 Å². The Labute approximate surface area is 408 Å². The molecule has 7 aromatic rings. The standard InChI is InChI=1S/C56H54Cl2N2O8/c57-55-47(51-53(65-35-43-27-15-5-16-28-43)49(63-33-41-23-11-3-12-24-41)45(67-51)37-61-31-39-19-7-1-8-20-39)59-48(56(58)60-55)52-54(66-36-44-29-17-6-18-30-44)50(64-34-42-25-13-4-14-26-42)46(68-52)38-62-32-40-21-9-2-10-22-40/h1-30,45-46,49-54H,31-38H2/t45-,46-,49-,50-,51+,52+,53-,54-/m1/s1. The summed E-state index contributed by atoms with van der Waals surface area (Å²) in [5, 5.41) is 0.119. The van der Waals surface area contributed by atoms with Crippen LogP contribution in [0.1, 0.15) is 57.0 Å². The lowest BCUT2D eigenvalue weighted by Gasteiger charge is -2.27. The minimum Gasteiger partial charge on any atom is -0.374 e. The fourth-order valence-electron chi connectivity index (χ4n) is 8.52. The third-order valence-electron chi connectivity index (χ3n) is 11.9. The molecule has 0 bridgehead atoms. The molecule has 68 heavy (non-hydrogen) atoms. The summed E-state index contributed by atoms with van der Waals surface area (Å²) in [6.07, 6.45) is -5.52. The third-order valence-corrected chi connectivity index (χ3v) is 12.5. The Morgan fingerprint density at radius 3 is 0.897 bits per heavy atom. The first kappa shape index (κ1) is 47.7. The van der Waals surface area contributed by atoms with Crippen LogP contribution in [-0.4, -0.2) is 59.8 Å². The lowest BCUT2D eigenvalue weighted by atomic mass is 10.0. The van der Waals surface area contributed by atoms with Crippen molar-refractivity contribution in [3.8, 4) is 0 Å². The fourth-order valence-corrected chi connectivity index (χ4v) is 9.03. The summed E-state index contributed by atoms with van der Waals surface area (Å²) in [7, 11) is 0. The van der Waals surface area contributed by atoms with E-state index in [-0.39, 0.29) is 36.7 Å². The molecule has 0 N–H and O–H groups in total. The van der Waals surface area contributed by atoms with Gasteiger partial charge in [0.1, 0.15) is 60.2 Å². The molecule has 0 radical (unpaired) electrons. The van der Waals surface area contributed by atoms with Gasteiger partial charge in [0, 0.05) is 0 Å². The van der Waals surface area contributed by atoms with Crippen LogP contribution in [0.3, 0.4) is 0 Å². The van der Waals surface area contributed by atoms with Crippen LogP contribution < -0.4 is 0 Å². The zero-order valence-electron chi connectivity index (χ0n) is 37.5. The van der Waals surface area contributed by atoms with E-state index in [1.54, 1.807) is 0 Å². The van der Waals surface area contributed by atoms with Crippen LogP contribution >= 0.6 is 23.2 Å². The van der Waals surface area contributed by atoms with E-state index >= 15 is 0 Å². The first-order chi connectivity index (χ1) is 33.6. The highest BCUT2D eigenvalue weighted by atomic mass is 35.5. The van der Waals surface area contributed by atoms with Gasteiger partial charge in [0.2, 0.25) is 0 Å². The number of hydrogen-bond acceptors (Lipinski definition) is 10. The van der Waals surface area contributed by atoms with Gasteiger partial charge in [-0.1, -0.05) is 205 Å². The van der Waals surface area contributed by atoms with Crippen LogP contribution in [0.2, 0.25) is 10.3 Å². The molecule has 2 aliphatic heterocycles. The summed E-state index contributed by atoms with van der Waals surface area (Å²) < 4.78 is 53.8. The Balaban J connectivity index is 1.06. The van der Waals surface area contributed by atoms with Gasteiger partial charge in [-0.2, -0.15) is 0 Å². The van der Waals surface area contributed by atoms with Crippen molar-refractivity contribution in [1.29, 1.82) is 0 Å². The number of halogens is 2. The van der Waals surface area contributed by atoms with Gasteiger partial charge in [-0.3, -0.25) is 0 Å². The summed E-state index contributed by atoms with van der Waals surface area (Å²) in [5.41, 5.74) is 6.66. The molecule has 3 heterocycles. The van der Waals surface area contributed by atoms with E-state index in [4.69, 9.17) is 71.1 Å². The Hall–Kier alpha value is -5.34. The van der Waals surface area contributed by atoms with E-state index in [9.17, 15) is 0 Å². The first-order valence-electron chi connectivity index (χ1n) is 22.9. The summed E-state index contributed by atoms with van der Waals surface area (Å²) in [6.45, 7) is 2.32. The lowest BCUT2D eigenvalue weighted by Crippen LogP contribution is -2.38. The predicted molar refractivity (Wildman–Crippen MR) is 260 cm³/mol. The van der Waals surface area contributed by atoms with Crippen molar-refractivity contribution < 1.29 is 37.9 Å². The average molecular weight is 954 g/mol. The van der Waals surface area contributed by atoms with Crippen molar-refractivity contribution in [2.75, 3.05) is 13.2 Å². The highest BCUT2D eigenvalue weighted by molar-refractivity contribution is 6.33. The van der Waals surface area contributed by atoms with Crippen LogP contribution in [0, 0.1) is 0 Å². The first-order valence-corrected chi connectivity index (χ1v) is 23.7. The van der Waals surface area contributed by atoms with Gasteiger partial charge in [-0.05, 0) is 33.4 Å². The average Bonchev–Trinajstić information content (AvgIpc) is 3.91. The van der Waals surface area contributed by atoms with Gasteiger partial charge in [0.25, 0.3) is 0 Å². The molecular formula is C56H54Cl2N2O8. The maximum absolute atomic E-state index is 7.12. The largest absolute Gasteiger partial charge is 0.374 e. The van der Waals surface area contributed by atoms with E-state index in [0.717, 1.165) is 33.4 Å². The van der Waals surface area contributed by atoms with E-state index in [1.165, 1.54) is 0 Å². The van der Waals surface area contributed by atoms with Crippen LogP contribution in [0.25, 0.3) is 0 Å². The van der Waals surface area contributed by atoms with Crippen LogP contribution in [0.15, 0.2) is 182 Å². The SMILES string of the molecule is Clc1nc(Cl)c([C@@H]2O[C@H](COCc3ccccc3)[C@@H](OCc3ccccc3)[C@H]2OCc2ccccc2)nc1[C@@H]1O[C@H](COCc2ccccc2)[C@@H](OCc2ccccc2)[C@H]1OCc1ccccc1. The summed E-state index contributed by atoms with van der Waals surface area (Å²) in [4.78, 5) is 9.96. The maximum atomic E-state index is 7.12. The molecule has 0 saturated carbocycles. The van der Waals surface area contributed by atoms with Gasteiger partial charge in [0.15, 0.2) is 10.3 Å². The number of aromatic nitrogens is 2. The quantitative estimate of drug-likeness (QED) is 0.0653. The molecular weight excluding hydrogens is 900 g/mol. The van der Waals surface area contributed by atoms with E-state index in [2.05, 4.69) is 0 Å². The zero-order chi connectivity index (χ0) is 46.3. The van der Waals surface area contributed by atoms with Gasteiger partial charge < -0.3 is 37.9 Å². The molecule has 12 heteroatoms. The second-order valence-corrected chi connectivity index (χ2v) is 17.5. The van der Waals surface area contributed by atoms with E-state index in [0.29, 0.717) is 37.8 Å².